The number of amides is 2. The summed E-state index contributed by atoms with van der Waals surface area (Å²) in [5.41, 5.74) is 3.67. The molecule has 35 heavy (non-hydrogen) atoms. The maximum atomic E-state index is 13.1. The molecule has 1 atom stereocenters. The summed E-state index contributed by atoms with van der Waals surface area (Å²) in [5, 5.41) is 8.80. The molecule has 3 aromatic rings. The summed E-state index contributed by atoms with van der Waals surface area (Å²) in [7, 11) is 3.15. The molecule has 1 aliphatic heterocycles. The van der Waals surface area contributed by atoms with Crippen LogP contribution in [0.2, 0.25) is 0 Å². The number of hydrazone groups is 1. The van der Waals surface area contributed by atoms with Gasteiger partial charge in [0.1, 0.15) is 6.17 Å². The van der Waals surface area contributed by atoms with Crippen LogP contribution in [-0.4, -0.2) is 53.0 Å². The molecule has 4 rings (SSSR count). The van der Waals surface area contributed by atoms with Crippen molar-refractivity contribution in [3.8, 4) is 11.5 Å². The Morgan fingerprint density at radius 2 is 1.86 bits per heavy atom. The number of benzene rings is 2. The van der Waals surface area contributed by atoms with Gasteiger partial charge in [0, 0.05) is 35.2 Å². The van der Waals surface area contributed by atoms with E-state index in [1.165, 1.54) is 5.01 Å². The highest BCUT2D eigenvalue weighted by Gasteiger charge is 2.31. The number of hydrogen-bond acceptors (Lipinski definition) is 7. The van der Waals surface area contributed by atoms with E-state index in [0.29, 0.717) is 34.9 Å². The van der Waals surface area contributed by atoms with Crippen molar-refractivity contribution < 1.29 is 19.1 Å². The van der Waals surface area contributed by atoms with Crippen LogP contribution in [0.25, 0.3) is 0 Å². The highest BCUT2D eigenvalue weighted by molar-refractivity contribution is 8.14. The number of methoxy groups -OCH3 is 2. The van der Waals surface area contributed by atoms with Crippen molar-refractivity contribution in [2.24, 2.45) is 5.10 Å². The first-order valence-electron chi connectivity index (χ1n) is 11.0. The smallest absolute Gasteiger partial charge is 0.304 e. The van der Waals surface area contributed by atoms with E-state index >= 15 is 0 Å². The van der Waals surface area contributed by atoms with E-state index in [1.807, 2.05) is 49.4 Å². The molecular weight excluding hydrogens is 464 g/mol. The van der Waals surface area contributed by atoms with Crippen molar-refractivity contribution in [2.45, 2.75) is 19.5 Å². The van der Waals surface area contributed by atoms with Gasteiger partial charge in [-0.1, -0.05) is 42.1 Å². The molecule has 0 aliphatic carbocycles. The average molecular weight is 491 g/mol. The minimum absolute atomic E-state index is 0.235. The van der Waals surface area contributed by atoms with E-state index in [4.69, 9.17) is 9.47 Å². The molecule has 2 aromatic carbocycles. The summed E-state index contributed by atoms with van der Waals surface area (Å²) in [6, 6.07) is 18.5. The van der Waals surface area contributed by atoms with Crippen LogP contribution in [0.5, 0.6) is 11.5 Å². The Morgan fingerprint density at radius 3 is 2.57 bits per heavy atom. The van der Waals surface area contributed by atoms with Crippen LogP contribution in [0.4, 0.5) is 4.79 Å². The van der Waals surface area contributed by atoms with Crippen LogP contribution in [0, 0.1) is 6.92 Å². The number of nitrogens with zero attached hydrogens (tertiary/aromatic N) is 3. The fourth-order valence-corrected chi connectivity index (χ4v) is 4.49. The Labute approximate surface area is 208 Å². The molecule has 0 fully saturated rings. The third-order valence-corrected chi connectivity index (χ3v) is 6.34. The van der Waals surface area contributed by atoms with E-state index in [2.05, 4.69) is 15.4 Å². The van der Waals surface area contributed by atoms with Gasteiger partial charge in [-0.3, -0.25) is 14.6 Å². The minimum Gasteiger partial charge on any atom is -0.493 e. The zero-order valence-electron chi connectivity index (χ0n) is 19.7. The Bertz CT molecular complexity index is 1250. The topological polar surface area (TPSA) is 93.1 Å². The normalized spacial score (nSPS) is 14.2. The van der Waals surface area contributed by atoms with Gasteiger partial charge in [0.2, 0.25) is 0 Å². The van der Waals surface area contributed by atoms with Gasteiger partial charge in [0.05, 0.1) is 19.9 Å². The second kappa shape index (κ2) is 11.1. The third kappa shape index (κ3) is 5.81. The summed E-state index contributed by atoms with van der Waals surface area (Å²) < 4.78 is 10.8. The lowest BCUT2D eigenvalue weighted by Crippen LogP contribution is -2.50. The van der Waals surface area contributed by atoms with Gasteiger partial charge < -0.3 is 14.8 Å². The number of aromatic nitrogens is 1. The molecule has 2 amide bonds. The maximum Gasteiger partial charge on any atom is 0.304 e. The lowest BCUT2D eigenvalue weighted by Gasteiger charge is -2.31. The number of nitrogens with one attached hydrogen (secondary N) is 1. The number of carbonyl (C=O) groups is 2. The predicted octanol–water partition coefficient (Wildman–Crippen LogP) is 4.28. The largest absolute Gasteiger partial charge is 0.493 e. The number of ether oxygens (including phenoxy) is 2. The van der Waals surface area contributed by atoms with Crippen LogP contribution >= 0.6 is 11.8 Å². The van der Waals surface area contributed by atoms with Gasteiger partial charge in [-0.05, 0) is 42.8 Å². The molecule has 0 saturated carbocycles. The number of hydrogen-bond donors (Lipinski definition) is 1. The fraction of sp³-hybridized carbons (Fsp3) is 0.231. The van der Waals surface area contributed by atoms with Gasteiger partial charge in [0.15, 0.2) is 11.5 Å². The summed E-state index contributed by atoms with van der Waals surface area (Å²) in [4.78, 5) is 30.2. The monoisotopic (exact) mass is 490 g/mol. The van der Waals surface area contributed by atoms with Gasteiger partial charge in [-0.15, -0.1) is 0 Å². The first-order valence-corrected chi connectivity index (χ1v) is 12.0. The van der Waals surface area contributed by atoms with Crippen molar-refractivity contribution in [1.29, 1.82) is 0 Å². The number of carbonyl (C=O) groups excluding carboxylic acids is 2. The molecule has 1 unspecified atom stereocenters. The average Bonchev–Trinajstić information content (AvgIpc) is 2.88. The Kier molecular flexibility index (Phi) is 7.67. The molecule has 1 N–H and O–H groups in total. The van der Waals surface area contributed by atoms with Crippen molar-refractivity contribution in [3.63, 3.8) is 0 Å². The maximum absolute atomic E-state index is 13.1. The number of thioether (sulfide) groups is 1. The quantitative estimate of drug-likeness (QED) is 0.507. The highest BCUT2D eigenvalue weighted by atomic mass is 32.2. The van der Waals surface area contributed by atoms with E-state index in [0.717, 1.165) is 28.6 Å². The molecule has 8 nitrogen and oxygen atoms in total. The van der Waals surface area contributed by atoms with Gasteiger partial charge in [-0.25, -0.2) is 5.01 Å². The van der Waals surface area contributed by atoms with Gasteiger partial charge in [0.25, 0.3) is 5.91 Å². The first-order chi connectivity index (χ1) is 17.0. The minimum atomic E-state index is -0.686. The first kappa shape index (κ1) is 24.3. The molecule has 1 aromatic heterocycles. The van der Waals surface area contributed by atoms with Crippen molar-refractivity contribution in [1.82, 2.24) is 15.3 Å². The third-order valence-electron chi connectivity index (χ3n) is 5.49. The molecule has 0 radical (unpaired) electrons. The lowest BCUT2D eigenvalue weighted by molar-refractivity contribution is 0.0888. The zero-order chi connectivity index (χ0) is 24.8. The second-order valence-corrected chi connectivity index (χ2v) is 8.81. The van der Waals surface area contributed by atoms with Crippen LogP contribution in [0.1, 0.15) is 27.2 Å². The Hall–Kier alpha value is -3.85. The molecule has 180 valence electrons. The van der Waals surface area contributed by atoms with Crippen LogP contribution in [0.3, 0.4) is 0 Å². The summed E-state index contributed by atoms with van der Waals surface area (Å²) in [6.07, 6.45) is 1.30. The van der Waals surface area contributed by atoms with Crippen molar-refractivity contribution >= 4 is 28.6 Å². The van der Waals surface area contributed by atoms with E-state index in [1.54, 1.807) is 38.6 Å². The fourth-order valence-electron chi connectivity index (χ4n) is 3.71. The Balaban J connectivity index is 1.67. The van der Waals surface area contributed by atoms with E-state index < -0.39 is 6.17 Å². The number of aryl methyl sites for hydroxylation is 1. The standard InChI is InChI=1S/C26H26N4O4S/c1-17-13-20(11-12-27-17)25(31)28-24(14-18-7-5-4-6-8-18)30-26(32)35-16-21(29-30)19-9-10-22(33-2)23(15-19)34-3/h4-13,15,24H,14,16H2,1-3H3,(H,28,31). The van der Waals surface area contributed by atoms with Crippen molar-refractivity contribution in [2.75, 3.05) is 20.0 Å². The molecule has 0 saturated heterocycles. The van der Waals surface area contributed by atoms with Crippen LogP contribution in [-0.2, 0) is 6.42 Å². The summed E-state index contributed by atoms with van der Waals surface area (Å²) in [6.45, 7) is 1.82. The molecule has 1 aliphatic rings. The molecule has 0 bridgehead atoms. The number of rotatable bonds is 8. The molecular formula is C26H26N4O4S. The predicted molar refractivity (Wildman–Crippen MR) is 136 cm³/mol. The van der Waals surface area contributed by atoms with Gasteiger partial charge >= 0.3 is 5.24 Å². The Morgan fingerprint density at radius 1 is 1.09 bits per heavy atom. The van der Waals surface area contributed by atoms with Crippen LogP contribution < -0.4 is 14.8 Å². The van der Waals surface area contributed by atoms with Crippen LogP contribution in [0.15, 0.2) is 72.0 Å². The highest BCUT2D eigenvalue weighted by Crippen LogP contribution is 2.30. The lowest BCUT2D eigenvalue weighted by atomic mass is 10.1. The summed E-state index contributed by atoms with van der Waals surface area (Å²) in [5.74, 6) is 1.28. The van der Waals surface area contributed by atoms with E-state index in [9.17, 15) is 9.59 Å². The zero-order valence-corrected chi connectivity index (χ0v) is 20.5. The van der Waals surface area contributed by atoms with E-state index in [-0.39, 0.29) is 11.1 Å². The molecule has 9 heteroatoms. The van der Waals surface area contributed by atoms with Crippen molar-refractivity contribution in [3.05, 3.63) is 89.2 Å². The molecule has 2 heterocycles. The second-order valence-electron chi connectivity index (χ2n) is 7.88. The SMILES string of the molecule is COc1ccc(C2=NN(C(Cc3ccccc3)NC(=O)c3ccnc(C)c3)C(=O)SC2)cc1OC. The molecule has 0 spiro atoms. The summed E-state index contributed by atoms with van der Waals surface area (Å²) >= 11 is 1.14. The number of pyridine rings is 1. The van der Waals surface area contributed by atoms with Gasteiger partial charge in [-0.2, -0.15) is 5.10 Å².